The normalized spacial score (nSPS) is 29.4. The van der Waals surface area contributed by atoms with Crippen LogP contribution in [0, 0.1) is 11.6 Å². The Morgan fingerprint density at radius 2 is 1.91 bits per heavy atom. The van der Waals surface area contributed by atoms with Gasteiger partial charge < -0.3 is 15.0 Å². The number of rotatable bonds is 3. The molecule has 1 fully saturated rings. The van der Waals surface area contributed by atoms with Crippen molar-refractivity contribution in [2.45, 2.75) is 42.7 Å². The van der Waals surface area contributed by atoms with Crippen molar-refractivity contribution in [2.24, 2.45) is 4.99 Å². The SMILES string of the molecule is CC1(C)C(NC(=O)O)=N[C@](C)(c2nc(NC(=O)c3ccc(F)cn3)ccc2F)[C@H]2CCNS21O. The van der Waals surface area contributed by atoms with E-state index in [2.05, 4.69) is 30.3 Å². The number of anilines is 1. The number of fused-ring (bicyclic) bond motifs is 1. The molecule has 0 spiro atoms. The lowest BCUT2D eigenvalue weighted by Gasteiger charge is -2.56. The summed E-state index contributed by atoms with van der Waals surface area (Å²) in [6.45, 7) is 5.37. The van der Waals surface area contributed by atoms with E-state index in [0.29, 0.717) is 13.0 Å². The standard InChI is InChI=1S/C21H24F2N6O4S/c1-20(2)18(28-19(31)32)29-21(3,14-8-9-25-34(14,20)33)16-12(23)5-7-15(26-16)27-17(30)13-6-4-11(22)10-24-13/h4-7,10,14,25,33H,8-9H2,1-3H3,(H,28,29)(H,31,32)(H,26,27,30)/t14-,21+/m1/s1. The van der Waals surface area contributed by atoms with Gasteiger partial charge in [0.05, 0.1) is 16.2 Å². The van der Waals surface area contributed by atoms with Gasteiger partial charge in [-0.15, -0.1) is 0 Å². The quantitative estimate of drug-likeness (QED) is 0.440. The third kappa shape index (κ3) is 3.79. The van der Waals surface area contributed by atoms with Crippen molar-refractivity contribution in [3.05, 3.63) is 53.5 Å². The number of aliphatic imine (C=N–C) groups is 1. The first-order valence-electron chi connectivity index (χ1n) is 10.4. The van der Waals surface area contributed by atoms with Crippen molar-refractivity contribution in [3.63, 3.8) is 0 Å². The Bertz CT molecular complexity index is 1190. The van der Waals surface area contributed by atoms with Crippen LogP contribution >= 0.6 is 10.5 Å². The van der Waals surface area contributed by atoms with Gasteiger partial charge in [0.2, 0.25) is 0 Å². The molecule has 0 bridgehead atoms. The molecule has 0 radical (unpaired) electrons. The van der Waals surface area contributed by atoms with Crippen LogP contribution in [0.25, 0.3) is 0 Å². The van der Waals surface area contributed by atoms with Gasteiger partial charge in [-0.1, -0.05) is 10.5 Å². The number of nitrogens with one attached hydrogen (secondary N) is 3. The molecule has 0 saturated carbocycles. The Balaban J connectivity index is 1.78. The van der Waals surface area contributed by atoms with Crippen LogP contribution in [0.15, 0.2) is 35.5 Å². The average Bonchev–Trinajstić information content (AvgIpc) is 3.18. The van der Waals surface area contributed by atoms with Crippen LogP contribution in [0.3, 0.4) is 0 Å². The summed E-state index contributed by atoms with van der Waals surface area (Å²) in [6.07, 6.45) is -0.0202. The summed E-state index contributed by atoms with van der Waals surface area (Å²) < 4.78 is 42.0. The van der Waals surface area contributed by atoms with E-state index in [1.807, 2.05) is 0 Å². The minimum absolute atomic E-state index is 0.00831. The lowest BCUT2D eigenvalue weighted by atomic mass is 9.89. The number of aromatic nitrogens is 2. The Hall–Kier alpha value is -3.16. The molecule has 1 unspecified atom stereocenters. The molecular weight excluding hydrogens is 470 g/mol. The molecule has 0 aromatic carbocycles. The van der Waals surface area contributed by atoms with E-state index in [4.69, 9.17) is 0 Å². The Kier molecular flexibility index (Phi) is 5.82. The molecule has 4 heterocycles. The lowest BCUT2D eigenvalue weighted by Crippen LogP contribution is -2.59. The fraction of sp³-hybridized carbons (Fsp3) is 0.381. The molecular formula is C21H24F2N6O4S. The van der Waals surface area contributed by atoms with Gasteiger partial charge in [-0.25, -0.2) is 23.5 Å². The van der Waals surface area contributed by atoms with Gasteiger partial charge in [0, 0.05) is 6.54 Å². The summed E-state index contributed by atoms with van der Waals surface area (Å²) in [5, 5.41) is 13.5. The number of hydrogen-bond donors (Lipinski definition) is 5. The van der Waals surface area contributed by atoms with Crippen LogP contribution in [0.2, 0.25) is 0 Å². The van der Waals surface area contributed by atoms with E-state index < -0.39 is 49.7 Å². The fourth-order valence-corrected chi connectivity index (χ4v) is 7.78. The maximum Gasteiger partial charge on any atom is 0.410 e. The number of carboxylic acid groups (broad SMARTS) is 1. The van der Waals surface area contributed by atoms with Crippen LogP contribution in [0.5, 0.6) is 0 Å². The molecule has 0 aliphatic carbocycles. The predicted molar refractivity (Wildman–Crippen MR) is 123 cm³/mol. The number of halogens is 2. The van der Waals surface area contributed by atoms with Gasteiger partial charge in [-0.3, -0.25) is 19.8 Å². The van der Waals surface area contributed by atoms with Crippen LogP contribution in [-0.2, 0) is 5.54 Å². The van der Waals surface area contributed by atoms with E-state index in [1.165, 1.54) is 12.1 Å². The molecule has 2 aliphatic heterocycles. The summed E-state index contributed by atoms with van der Waals surface area (Å²) in [4.78, 5) is 36.5. The average molecular weight is 495 g/mol. The second kappa shape index (κ2) is 8.25. The van der Waals surface area contributed by atoms with Crippen molar-refractivity contribution < 1.29 is 28.0 Å². The van der Waals surface area contributed by atoms with Crippen LogP contribution in [0.4, 0.5) is 19.4 Å². The monoisotopic (exact) mass is 494 g/mol. The van der Waals surface area contributed by atoms with Crippen LogP contribution in [-0.4, -0.2) is 54.0 Å². The first-order valence-corrected chi connectivity index (χ1v) is 12.0. The fourth-order valence-electron chi connectivity index (χ4n) is 4.39. The van der Waals surface area contributed by atoms with Crippen molar-refractivity contribution in [1.82, 2.24) is 20.0 Å². The number of carbonyl (C=O) groups excluding carboxylic acids is 1. The minimum atomic E-state index is -2.72. The molecule has 2 aromatic rings. The van der Waals surface area contributed by atoms with E-state index in [9.17, 15) is 23.6 Å². The number of amidine groups is 1. The summed E-state index contributed by atoms with van der Waals surface area (Å²) in [5.41, 5.74) is -1.67. The zero-order chi connectivity index (χ0) is 24.9. The molecule has 2 aliphatic rings. The first kappa shape index (κ1) is 24.0. The molecule has 182 valence electrons. The zero-order valence-electron chi connectivity index (χ0n) is 18.6. The highest BCUT2D eigenvalue weighted by molar-refractivity contribution is 8.29. The molecule has 3 atom stereocenters. The molecule has 4 rings (SSSR count). The largest absolute Gasteiger partial charge is 0.465 e. The summed E-state index contributed by atoms with van der Waals surface area (Å²) >= 11 is 0. The minimum Gasteiger partial charge on any atom is -0.465 e. The highest BCUT2D eigenvalue weighted by Gasteiger charge is 2.62. The topological polar surface area (TPSA) is 149 Å². The number of hydrogen-bond acceptors (Lipinski definition) is 7. The molecule has 1 saturated heterocycles. The van der Waals surface area contributed by atoms with E-state index >= 15 is 4.39 Å². The van der Waals surface area contributed by atoms with E-state index in [-0.39, 0.29) is 23.0 Å². The summed E-state index contributed by atoms with van der Waals surface area (Å²) in [5.74, 6) is -2.04. The molecule has 34 heavy (non-hydrogen) atoms. The summed E-state index contributed by atoms with van der Waals surface area (Å²) in [7, 11) is -2.72. The van der Waals surface area contributed by atoms with E-state index in [0.717, 1.165) is 18.3 Å². The van der Waals surface area contributed by atoms with Crippen LogP contribution in [0.1, 0.15) is 43.4 Å². The highest BCUT2D eigenvalue weighted by Crippen LogP contribution is 2.67. The lowest BCUT2D eigenvalue weighted by molar-refractivity contribution is 0.102. The Labute approximate surface area is 195 Å². The highest BCUT2D eigenvalue weighted by atomic mass is 32.3. The molecule has 13 heteroatoms. The smallest absolute Gasteiger partial charge is 0.410 e. The van der Waals surface area contributed by atoms with Gasteiger partial charge in [-0.2, -0.15) is 0 Å². The van der Waals surface area contributed by atoms with E-state index in [1.54, 1.807) is 20.8 Å². The molecule has 10 nitrogen and oxygen atoms in total. The Morgan fingerprint density at radius 3 is 2.56 bits per heavy atom. The number of pyridine rings is 2. The second-order valence-electron chi connectivity index (χ2n) is 8.69. The van der Waals surface area contributed by atoms with Crippen LogP contribution < -0.4 is 15.4 Å². The first-order chi connectivity index (χ1) is 15.9. The van der Waals surface area contributed by atoms with Gasteiger partial charge in [0.15, 0.2) is 0 Å². The molecule has 2 amide bonds. The molecule has 2 aromatic heterocycles. The van der Waals surface area contributed by atoms with Gasteiger partial charge >= 0.3 is 6.09 Å². The van der Waals surface area contributed by atoms with Gasteiger partial charge in [0.1, 0.15) is 40.2 Å². The van der Waals surface area contributed by atoms with Crippen molar-refractivity contribution in [2.75, 3.05) is 11.9 Å². The maximum atomic E-state index is 15.1. The van der Waals surface area contributed by atoms with Crippen molar-refractivity contribution in [3.8, 4) is 0 Å². The maximum absolute atomic E-state index is 15.1. The molecule has 5 N–H and O–H groups in total. The third-order valence-electron chi connectivity index (χ3n) is 6.21. The Morgan fingerprint density at radius 1 is 1.18 bits per heavy atom. The number of carbonyl (C=O) groups is 2. The van der Waals surface area contributed by atoms with Crippen molar-refractivity contribution in [1.29, 1.82) is 0 Å². The van der Waals surface area contributed by atoms with Gasteiger partial charge in [-0.05, 0) is 51.5 Å². The predicted octanol–water partition coefficient (Wildman–Crippen LogP) is 3.24. The number of amides is 2. The second-order valence-corrected chi connectivity index (χ2v) is 11.8. The zero-order valence-corrected chi connectivity index (χ0v) is 19.4. The van der Waals surface area contributed by atoms with Crippen molar-refractivity contribution >= 4 is 34.1 Å². The van der Waals surface area contributed by atoms with Gasteiger partial charge in [0.25, 0.3) is 5.91 Å². The third-order valence-corrected chi connectivity index (χ3v) is 10.1. The summed E-state index contributed by atoms with van der Waals surface area (Å²) in [6, 6.07) is 4.64. The number of nitrogens with zero attached hydrogens (tertiary/aromatic N) is 3.